The molecule has 10 aromatic rings. The summed E-state index contributed by atoms with van der Waals surface area (Å²) in [6.45, 7) is 8.67. The number of aryl methyl sites for hydroxylation is 3. The van der Waals surface area contributed by atoms with Gasteiger partial charge in [0.2, 0.25) is 0 Å². The van der Waals surface area contributed by atoms with Gasteiger partial charge in [-0.05, 0) is 121 Å². The van der Waals surface area contributed by atoms with Crippen molar-refractivity contribution >= 4 is 97.2 Å². The first-order valence-corrected chi connectivity index (χ1v) is 24.1. The average Bonchev–Trinajstić information content (AvgIpc) is 3.78. The van der Waals surface area contributed by atoms with E-state index in [1.165, 1.54) is 38.8 Å². The van der Waals surface area contributed by atoms with Gasteiger partial charge in [0.25, 0.3) is 6.71 Å². The van der Waals surface area contributed by atoms with Crippen LogP contribution in [0.1, 0.15) is 16.7 Å². The molecule has 0 saturated heterocycles. The number of benzene rings is 9. The fourth-order valence-corrected chi connectivity index (χ4v) is 11.0. The van der Waals surface area contributed by atoms with Crippen LogP contribution in [0, 0.1) is 39.6 Å². The summed E-state index contributed by atoms with van der Waals surface area (Å²) in [5, 5.41) is 0. The number of anilines is 13. The first-order valence-electron chi connectivity index (χ1n) is 24.1. The summed E-state index contributed by atoms with van der Waals surface area (Å²) < 4.78 is 6.75. The van der Waals surface area contributed by atoms with E-state index in [1.54, 1.807) is 0 Å². The SMILES string of the molecule is Cc1cc(C)c(N2[CH-]N(c3[c-]c(Oc4[c-]c(N(c5cc6c7c(c5)N(c5ccccc5)c5ccccc5B7c5ccccc5N6c5ccccc5)c5ccccn5)ccc4)ccc3)c3ccccc32)c(C)c1.[Pt]. The molecule has 0 bridgehead atoms. The molecule has 4 heterocycles. The van der Waals surface area contributed by atoms with Gasteiger partial charge in [-0.3, -0.25) is 0 Å². The Morgan fingerprint density at radius 1 is 0.500 bits per heavy atom. The van der Waals surface area contributed by atoms with Crippen molar-refractivity contribution in [1.29, 1.82) is 0 Å². The Bertz CT molecular complexity index is 3520. The maximum atomic E-state index is 6.75. The Balaban J connectivity index is 0.00000530. The molecule has 72 heavy (non-hydrogen) atoms. The van der Waals surface area contributed by atoms with Gasteiger partial charge in [-0.25, -0.2) is 4.98 Å². The summed E-state index contributed by atoms with van der Waals surface area (Å²) in [6, 6.07) is 82.2. The van der Waals surface area contributed by atoms with Gasteiger partial charge in [0.15, 0.2) is 0 Å². The van der Waals surface area contributed by atoms with Gasteiger partial charge in [0.05, 0.1) is 0 Å². The molecular formula is C63H46BN6OPt-3. The maximum Gasteiger partial charge on any atom is 0.252 e. The fraction of sp³-hybridized carbons (Fsp3) is 0.0476. The summed E-state index contributed by atoms with van der Waals surface area (Å²) in [5.74, 6) is 1.87. The van der Waals surface area contributed by atoms with E-state index in [2.05, 4.69) is 234 Å². The first-order chi connectivity index (χ1) is 35.0. The van der Waals surface area contributed by atoms with Crippen LogP contribution in [0.4, 0.5) is 74.1 Å². The second-order valence-corrected chi connectivity index (χ2v) is 18.3. The third-order valence-corrected chi connectivity index (χ3v) is 13.8. The molecule has 1 aromatic heterocycles. The van der Waals surface area contributed by atoms with Crippen LogP contribution in [0.2, 0.25) is 0 Å². The van der Waals surface area contributed by atoms with Gasteiger partial charge < -0.3 is 29.2 Å². The molecule has 0 fully saturated rings. The summed E-state index contributed by atoms with van der Waals surface area (Å²) in [4.78, 5) is 16.5. The van der Waals surface area contributed by atoms with Gasteiger partial charge >= 0.3 is 0 Å². The number of hydrogen-bond acceptors (Lipinski definition) is 7. The molecule has 0 N–H and O–H groups in total. The molecule has 0 saturated carbocycles. The molecule has 3 aliphatic heterocycles. The quantitative estimate of drug-likeness (QED) is 0.105. The fourth-order valence-electron chi connectivity index (χ4n) is 11.0. The second kappa shape index (κ2) is 18.5. The summed E-state index contributed by atoms with van der Waals surface area (Å²) in [6.07, 6.45) is 1.84. The smallest absolute Gasteiger partial charge is 0.252 e. The molecule has 0 atom stereocenters. The van der Waals surface area contributed by atoms with E-state index in [9.17, 15) is 0 Å². The number of pyridine rings is 1. The molecule has 350 valence electrons. The minimum absolute atomic E-state index is 0. The van der Waals surface area contributed by atoms with E-state index in [1.807, 2.05) is 48.7 Å². The van der Waals surface area contributed by atoms with Crippen molar-refractivity contribution in [2.75, 3.05) is 24.5 Å². The first kappa shape index (κ1) is 44.9. The number of ether oxygens (including phenoxy) is 1. The zero-order chi connectivity index (χ0) is 47.6. The van der Waals surface area contributed by atoms with Crippen LogP contribution in [0.3, 0.4) is 0 Å². The standard InChI is InChI=1S/C63H46BN6O.Pt/c1-43-36-44(2)63(45(3)37-43)67-42-66(57-32-14-15-33-58(57)67)48-24-18-26-51(38-48)71-52-27-19-25-49(39-52)68(61-34-16-17-35-65-61)50-40-59-62-60(41-50)70(47-22-8-5-9-23-47)56-31-13-11-29-54(56)64(62)53-28-10-12-30-55(53)69(59)46-20-6-4-7-21-46;/h4-37,40-42H,1-3H3;/q-3;. The summed E-state index contributed by atoms with van der Waals surface area (Å²) in [7, 11) is 0. The number of para-hydroxylation sites is 6. The summed E-state index contributed by atoms with van der Waals surface area (Å²) >= 11 is 0. The molecule has 9 aromatic carbocycles. The predicted octanol–water partition coefficient (Wildman–Crippen LogP) is 14.4. The van der Waals surface area contributed by atoms with Crippen LogP contribution >= 0.6 is 0 Å². The van der Waals surface area contributed by atoms with E-state index >= 15 is 0 Å². The molecule has 7 nitrogen and oxygen atoms in total. The van der Waals surface area contributed by atoms with Crippen LogP contribution in [0.5, 0.6) is 11.5 Å². The Labute approximate surface area is 436 Å². The molecular weight excluding hydrogens is 1060 g/mol. The summed E-state index contributed by atoms with van der Waals surface area (Å²) in [5.41, 5.74) is 20.0. The molecule has 13 rings (SSSR count). The van der Waals surface area contributed by atoms with Gasteiger partial charge in [-0.15, -0.1) is 48.8 Å². The van der Waals surface area contributed by atoms with Gasteiger partial charge in [0, 0.05) is 95.6 Å². The van der Waals surface area contributed by atoms with Crippen LogP contribution in [-0.4, -0.2) is 11.7 Å². The third kappa shape index (κ3) is 7.62. The van der Waals surface area contributed by atoms with Crippen molar-refractivity contribution in [3.05, 3.63) is 254 Å². The molecule has 0 spiro atoms. The zero-order valence-corrected chi connectivity index (χ0v) is 42.1. The zero-order valence-electron chi connectivity index (χ0n) is 39.8. The number of aromatic nitrogens is 1. The van der Waals surface area contributed by atoms with Crippen LogP contribution in [0.25, 0.3) is 0 Å². The van der Waals surface area contributed by atoms with Crippen molar-refractivity contribution < 1.29 is 25.8 Å². The number of rotatable bonds is 9. The molecule has 3 aliphatic rings. The minimum atomic E-state index is -0.00877. The van der Waals surface area contributed by atoms with Crippen molar-refractivity contribution in [1.82, 2.24) is 4.98 Å². The van der Waals surface area contributed by atoms with Crippen molar-refractivity contribution in [3.63, 3.8) is 0 Å². The van der Waals surface area contributed by atoms with E-state index in [0.29, 0.717) is 11.5 Å². The Kier molecular flexibility index (Phi) is 11.5. The molecule has 0 unspecified atom stereocenters. The number of fused-ring (bicyclic) bond motifs is 5. The minimum Gasteiger partial charge on any atom is -0.509 e. The maximum absolute atomic E-state index is 6.75. The Morgan fingerprint density at radius 2 is 1.03 bits per heavy atom. The largest absolute Gasteiger partial charge is 0.509 e. The third-order valence-electron chi connectivity index (χ3n) is 13.8. The van der Waals surface area contributed by atoms with E-state index in [4.69, 9.17) is 9.72 Å². The van der Waals surface area contributed by atoms with Crippen LogP contribution in [-0.2, 0) is 21.1 Å². The van der Waals surface area contributed by atoms with E-state index in [-0.39, 0.29) is 27.8 Å². The normalized spacial score (nSPS) is 12.9. The number of hydrogen-bond donors (Lipinski definition) is 0. The van der Waals surface area contributed by atoms with Gasteiger partial charge in [-0.1, -0.05) is 114 Å². The molecule has 0 radical (unpaired) electrons. The second-order valence-electron chi connectivity index (χ2n) is 18.3. The molecule has 9 heteroatoms. The Morgan fingerprint density at radius 3 is 1.62 bits per heavy atom. The van der Waals surface area contributed by atoms with Crippen molar-refractivity contribution in [2.45, 2.75) is 20.8 Å². The topological polar surface area (TPSA) is 38.3 Å². The van der Waals surface area contributed by atoms with Crippen LogP contribution < -0.4 is 45.6 Å². The van der Waals surface area contributed by atoms with Crippen molar-refractivity contribution in [2.24, 2.45) is 0 Å². The Hall–Kier alpha value is -8.32. The van der Waals surface area contributed by atoms with E-state index < -0.39 is 0 Å². The average molecular weight is 1110 g/mol. The monoisotopic (exact) mass is 1110 g/mol. The van der Waals surface area contributed by atoms with Crippen molar-refractivity contribution in [3.8, 4) is 11.5 Å². The van der Waals surface area contributed by atoms with Gasteiger partial charge in [-0.2, -0.15) is 12.1 Å². The molecule has 0 aliphatic carbocycles. The van der Waals surface area contributed by atoms with Crippen LogP contribution in [0.15, 0.2) is 219 Å². The molecule has 0 amide bonds. The van der Waals surface area contributed by atoms with Gasteiger partial charge in [0.1, 0.15) is 5.82 Å². The predicted molar refractivity (Wildman–Crippen MR) is 293 cm³/mol. The van der Waals surface area contributed by atoms with E-state index in [0.717, 1.165) is 68.4 Å². The number of nitrogens with zero attached hydrogens (tertiary/aromatic N) is 6.